The lowest BCUT2D eigenvalue weighted by molar-refractivity contribution is 0.411. The van der Waals surface area contributed by atoms with Gasteiger partial charge in [-0.1, -0.05) is 6.58 Å². The molecule has 1 nitrogen and oxygen atoms in total. The fourth-order valence-corrected chi connectivity index (χ4v) is 2.12. The van der Waals surface area contributed by atoms with Crippen LogP contribution in [0.25, 0.3) is 5.57 Å². The Morgan fingerprint density at radius 1 is 1.46 bits per heavy atom. The van der Waals surface area contributed by atoms with E-state index in [0.717, 1.165) is 11.3 Å². The standard InChI is InChI=1S/C11H13IO/c1-7(2)9-5-6-10(13-4)8(3)11(9)12/h5-6H,1H2,2-4H3. The number of hydrogen-bond acceptors (Lipinski definition) is 1. The first kappa shape index (κ1) is 10.6. The van der Waals surface area contributed by atoms with Gasteiger partial charge < -0.3 is 4.74 Å². The van der Waals surface area contributed by atoms with E-state index in [1.165, 1.54) is 14.7 Å². The van der Waals surface area contributed by atoms with Crippen LogP contribution in [0.2, 0.25) is 0 Å². The molecule has 0 aliphatic rings. The second-order valence-corrected chi connectivity index (χ2v) is 4.11. The van der Waals surface area contributed by atoms with Gasteiger partial charge in [0.15, 0.2) is 0 Å². The van der Waals surface area contributed by atoms with Crippen LogP contribution in [0.4, 0.5) is 0 Å². The van der Waals surface area contributed by atoms with Crippen LogP contribution in [0.5, 0.6) is 5.75 Å². The number of allylic oxidation sites excluding steroid dienone is 1. The Labute approximate surface area is 92.9 Å². The first-order valence-corrected chi connectivity index (χ1v) is 5.14. The van der Waals surface area contributed by atoms with Gasteiger partial charge in [-0.05, 0) is 59.7 Å². The summed E-state index contributed by atoms with van der Waals surface area (Å²) in [6, 6.07) is 4.04. The average Bonchev–Trinajstić information content (AvgIpc) is 2.09. The summed E-state index contributed by atoms with van der Waals surface area (Å²) < 4.78 is 6.45. The second kappa shape index (κ2) is 4.13. The van der Waals surface area contributed by atoms with Crippen molar-refractivity contribution >= 4 is 28.2 Å². The molecule has 0 unspecified atom stereocenters. The summed E-state index contributed by atoms with van der Waals surface area (Å²) in [4.78, 5) is 0. The van der Waals surface area contributed by atoms with Gasteiger partial charge in [0.05, 0.1) is 7.11 Å². The molecule has 0 fully saturated rings. The molecule has 2 heteroatoms. The third-order valence-electron chi connectivity index (χ3n) is 2.02. The molecule has 0 aliphatic heterocycles. The zero-order valence-electron chi connectivity index (χ0n) is 8.15. The van der Waals surface area contributed by atoms with Crippen LogP contribution in [-0.2, 0) is 0 Å². The van der Waals surface area contributed by atoms with Crippen LogP contribution in [0.15, 0.2) is 18.7 Å². The zero-order chi connectivity index (χ0) is 10.0. The highest BCUT2D eigenvalue weighted by Crippen LogP contribution is 2.29. The number of rotatable bonds is 2. The molecule has 0 aliphatic carbocycles. The van der Waals surface area contributed by atoms with Gasteiger partial charge in [0.2, 0.25) is 0 Å². The van der Waals surface area contributed by atoms with Crippen molar-refractivity contribution in [1.82, 2.24) is 0 Å². The van der Waals surface area contributed by atoms with E-state index < -0.39 is 0 Å². The molecule has 0 saturated carbocycles. The summed E-state index contributed by atoms with van der Waals surface area (Å²) in [5.41, 5.74) is 3.48. The molecule has 0 spiro atoms. The maximum atomic E-state index is 5.23. The zero-order valence-corrected chi connectivity index (χ0v) is 10.3. The lowest BCUT2D eigenvalue weighted by atomic mass is 10.1. The minimum Gasteiger partial charge on any atom is -0.496 e. The van der Waals surface area contributed by atoms with E-state index in [-0.39, 0.29) is 0 Å². The molecule has 0 saturated heterocycles. The van der Waals surface area contributed by atoms with Gasteiger partial charge in [-0.25, -0.2) is 0 Å². The van der Waals surface area contributed by atoms with Crippen LogP contribution in [0, 0.1) is 10.5 Å². The minimum absolute atomic E-state index is 0.939. The van der Waals surface area contributed by atoms with Crippen molar-refractivity contribution in [3.63, 3.8) is 0 Å². The van der Waals surface area contributed by atoms with E-state index in [0.29, 0.717) is 0 Å². The van der Waals surface area contributed by atoms with Crippen LogP contribution < -0.4 is 4.74 Å². The minimum atomic E-state index is 0.939. The van der Waals surface area contributed by atoms with Crippen molar-refractivity contribution in [1.29, 1.82) is 0 Å². The molecule has 1 rings (SSSR count). The summed E-state index contributed by atoms with van der Waals surface area (Å²) in [6.07, 6.45) is 0. The Bertz CT molecular complexity index is 342. The molecule has 0 atom stereocenters. The summed E-state index contributed by atoms with van der Waals surface area (Å²) in [6.45, 7) is 8.02. The molecular weight excluding hydrogens is 275 g/mol. The maximum absolute atomic E-state index is 5.23. The average molecular weight is 288 g/mol. The normalized spacial score (nSPS) is 9.85. The third-order valence-corrected chi connectivity index (χ3v) is 3.41. The molecule has 0 aromatic heterocycles. The van der Waals surface area contributed by atoms with Gasteiger partial charge in [0, 0.05) is 9.13 Å². The van der Waals surface area contributed by atoms with E-state index in [4.69, 9.17) is 4.74 Å². The number of benzene rings is 1. The Balaban J connectivity index is 3.31. The van der Waals surface area contributed by atoms with E-state index in [1.54, 1.807) is 7.11 Å². The maximum Gasteiger partial charge on any atom is 0.122 e. The van der Waals surface area contributed by atoms with E-state index in [2.05, 4.69) is 42.2 Å². The topological polar surface area (TPSA) is 9.23 Å². The molecule has 1 aromatic rings. The number of methoxy groups -OCH3 is 1. The fraction of sp³-hybridized carbons (Fsp3) is 0.273. The summed E-state index contributed by atoms with van der Waals surface area (Å²) in [7, 11) is 1.69. The molecule has 0 bridgehead atoms. The van der Waals surface area contributed by atoms with Gasteiger partial charge in [0.1, 0.15) is 5.75 Å². The van der Waals surface area contributed by atoms with Crippen LogP contribution in [-0.4, -0.2) is 7.11 Å². The predicted octanol–water partition coefficient (Wildman–Crippen LogP) is 3.64. The van der Waals surface area contributed by atoms with Crippen molar-refractivity contribution in [3.05, 3.63) is 33.4 Å². The van der Waals surface area contributed by atoms with Crippen molar-refractivity contribution in [3.8, 4) is 5.75 Å². The Morgan fingerprint density at radius 2 is 2.08 bits per heavy atom. The van der Waals surface area contributed by atoms with Crippen LogP contribution in [0.3, 0.4) is 0 Å². The molecule has 0 radical (unpaired) electrons. The number of ether oxygens (including phenoxy) is 1. The smallest absolute Gasteiger partial charge is 0.122 e. The van der Waals surface area contributed by atoms with Crippen molar-refractivity contribution in [2.75, 3.05) is 7.11 Å². The van der Waals surface area contributed by atoms with E-state index in [9.17, 15) is 0 Å². The van der Waals surface area contributed by atoms with E-state index in [1.807, 2.05) is 13.0 Å². The summed E-state index contributed by atoms with van der Waals surface area (Å²) in [5, 5.41) is 0. The van der Waals surface area contributed by atoms with Gasteiger partial charge in [-0.3, -0.25) is 0 Å². The molecule has 0 amide bonds. The van der Waals surface area contributed by atoms with Gasteiger partial charge in [-0.15, -0.1) is 0 Å². The molecule has 70 valence electrons. The molecule has 0 heterocycles. The number of hydrogen-bond donors (Lipinski definition) is 0. The quantitative estimate of drug-likeness (QED) is 0.755. The summed E-state index contributed by atoms with van der Waals surface area (Å²) >= 11 is 2.33. The predicted molar refractivity (Wildman–Crippen MR) is 65.2 cm³/mol. The van der Waals surface area contributed by atoms with Gasteiger partial charge in [0.25, 0.3) is 0 Å². The first-order chi connectivity index (χ1) is 6.07. The first-order valence-electron chi connectivity index (χ1n) is 4.07. The fourth-order valence-electron chi connectivity index (χ4n) is 1.22. The third kappa shape index (κ3) is 2.05. The van der Waals surface area contributed by atoms with Crippen LogP contribution in [0.1, 0.15) is 18.1 Å². The molecule has 0 N–H and O–H groups in total. The molecule has 1 aromatic carbocycles. The lowest BCUT2D eigenvalue weighted by Gasteiger charge is -2.10. The Morgan fingerprint density at radius 3 is 2.54 bits per heavy atom. The van der Waals surface area contributed by atoms with Gasteiger partial charge >= 0.3 is 0 Å². The monoisotopic (exact) mass is 288 g/mol. The van der Waals surface area contributed by atoms with Crippen molar-refractivity contribution in [2.24, 2.45) is 0 Å². The van der Waals surface area contributed by atoms with Crippen molar-refractivity contribution in [2.45, 2.75) is 13.8 Å². The molecular formula is C11H13IO. The lowest BCUT2D eigenvalue weighted by Crippen LogP contribution is -1.93. The van der Waals surface area contributed by atoms with Crippen molar-refractivity contribution < 1.29 is 4.74 Å². The highest BCUT2D eigenvalue weighted by Gasteiger charge is 2.07. The highest BCUT2D eigenvalue weighted by molar-refractivity contribution is 14.1. The van der Waals surface area contributed by atoms with E-state index >= 15 is 0 Å². The van der Waals surface area contributed by atoms with Gasteiger partial charge in [-0.2, -0.15) is 0 Å². The number of halogens is 1. The second-order valence-electron chi connectivity index (χ2n) is 3.03. The SMILES string of the molecule is C=C(C)c1ccc(OC)c(C)c1I. The summed E-state index contributed by atoms with van der Waals surface area (Å²) in [5.74, 6) is 0.939. The Hall–Kier alpha value is -0.510. The largest absolute Gasteiger partial charge is 0.496 e. The molecule has 13 heavy (non-hydrogen) atoms. The Kier molecular flexibility index (Phi) is 3.36. The highest BCUT2D eigenvalue weighted by atomic mass is 127. The van der Waals surface area contributed by atoms with Crippen LogP contribution >= 0.6 is 22.6 Å².